The number of para-hydroxylation sites is 1. The quantitative estimate of drug-likeness (QED) is 0.832. The molecule has 3 nitrogen and oxygen atoms in total. The third-order valence-electron chi connectivity index (χ3n) is 3.42. The number of benzene rings is 1. The van der Waals surface area contributed by atoms with Gasteiger partial charge in [0.05, 0.1) is 7.11 Å². The maximum Gasteiger partial charge on any atom is 0.228 e. The van der Waals surface area contributed by atoms with Gasteiger partial charge in [-0.15, -0.1) is 0 Å². The molecule has 3 heteroatoms. The number of methoxy groups -OCH3 is 1. The highest BCUT2D eigenvalue weighted by atomic mass is 16.5. The Morgan fingerprint density at radius 3 is 2.47 bits per heavy atom. The summed E-state index contributed by atoms with van der Waals surface area (Å²) in [6.07, 6.45) is 2.24. The normalized spacial score (nSPS) is 15.2. The Hall–Kier alpha value is -1.51. The summed E-state index contributed by atoms with van der Waals surface area (Å²) in [5.74, 6) is 1.08. The van der Waals surface area contributed by atoms with E-state index in [1.165, 1.54) is 0 Å². The molecule has 0 aromatic heterocycles. The van der Waals surface area contributed by atoms with Crippen molar-refractivity contribution < 1.29 is 9.53 Å². The van der Waals surface area contributed by atoms with Crippen LogP contribution in [0.4, 0.5) is 0 Å². The number of carbonyl (C=O) groups excluding carboxylic acids is 1. The lowest BCUT2D eigenvalue weighted by molar-refractivity contribution is -0.140. The topological polar surface area (TPSA) is 29.5 Å². The molecule has 0 spiro atoms. The lowest BCUT2D eigenvalue weighted by Gasteiger charge is -2.30. The highest BCUT2D eigenvalue weighted by molar-refractivity contribution is 5.82. The van der Waals surface area contributed by atoms with Gasteiger partial charge in [0.15, 0.2) is 0 Å². The summed E-state index contributed by atoms with van der Waals surface area (Å²) in [7, 11) is 1.67. The molecular weight excluding hydrogens is 238 g/mol. The molecule has 1 aromatic carbocycles. The third-order valence-corrected chi connectivity index (χ3v) is 3.42. The van der Waals surface area contributed by atoms with Crippen molar-refractivity contribution in [2.24, 2.45) is 5.41 Å². The van der Waals surface area contributed by atoms with Gasteiger partial charge in [-0.05, 0) is 18.9 Å². The number of amides is 1. The van der Waals surface area contributed by atoms with Gasteiger partial charge in [-0.3, -0.25) is 4.79 Å². The van der Waals surface area contributed by atoms with Crippen LogP contribution < -0.4 is 4.74 Å². The molecule has 0 saturated heterocycles. The fraction of sp³-hybridized carbons (Fsp3) is 0.562. The fourth-order valence-electron chi connectivity index (χ4n) is 2.20. The van der Waals surface area contributed by atoms with E-state index in [0.29, 0.717) is 12.6 Å². The number of rotatable bonds is 4. The molecule has 0 bridgehead atoms. The second-order valence-corrected chi connectivity index (χ2v) is 6.23. The zero-order chi connectivity index (χ0) is 14.0. The minimum absolute atomic E-state index is 0.223. The Balaban J connectivity index is 2.20. The summed E-state index contributed by atoms with van der Waals surface area (Å²) in [6, 6.07) is 8.34. The van der Waals surface area contributed by atoms with E-state index >= 15 is 0 Å². The number of ether oxygens (including phenoxy) is 1. The Morgan fingerprint density at radius 1 is 1.32 bits per heavy atom. The summed E-state index contributed by atoms with van der Waals surface area (Å²) in [5.41, 5.74) is 0.749. The first-order valence-corrected chi connectivity index (χ1v) is 6.86. The molecule has 0 N–H and O–H groups in total. The fourth-order valence-corrected chi connectivity index (χ4v) is 2.20. The Bertz CT molecular complexity index is 458. The van der Waals surface area contributed by atoms with Crippen LogP contribution in [0.5, 0.6) is 5.75 Å². The first-order chi connectivity index (χ1) is 8.93. The summed E-state index contributed by atoms with van der Waals surface area (Å²) < 4.78 is 5.37. The second kappa shape index (κ2) is 5.24. The van der Waals surface area contributed by atoms with E-state index in [1.807, 2.05) is 49.9 Å². The van der Waals surface area contributed by atoms with Gasteiger partial charge in [0.1, 0.15) is 5.75 Å². The molecule has 104 valence electrons. The van der Waals surface area contributed by atoms with Crippen LogP contribution in [0.2, 0.25) is 0 Å². The summed E-state index contributed by atoms with van der Waals surface area (Å²) in [6.45, 7) is 6.58. The van der Waals surface area contributed by atoms with Gasteiger partial charge < -0.3 is 9.64 Å². The summed E-state index contributed by atoms with van der Waals surface area (Å²) >= 11 is 0. The number of carbonyl (C=O) groups is 1. The van der Waals surface area contributed by atoms with Crippen LogP contribution in [0.25, 0.3) is 0 Å². The van der Waals surface area contributed by atoms with Crippen molar-refractivity contribution in [2.75, 3.05) is 7.11 Å². The van der Waals surface area contributed by atoms with Crippen LogP contribution in [0.3, 0.4) is 0 Å². The van der Waals surface area contributed by atoms with Gasteiger partial charge in [0.2, 0.25) is 5.91 Å². The highest BCUT2D eigenvalue weighted by Gasteiger charge is 2.37. The van der Waals surface area contributed by atoms with Gasteiger partial charge >= 0.3 is 0 Å². The Morgan fingerprint density at radius 2 is 1.95 bits per heavy atom. The van der Waals surface area contributed by atoms with Gasteiger partial charge in [-0.25, -0.2) is 0 Å². The lowest BCUT2D eigenvalue weighted by Crippen LogP contribution is -2.40. The predicted molar refractivity (Wildman–Crippen MR) is 76.0 cm³/mol. The third kappa shape index (κ3) is 3.28. The van der Waals surface area contributed by atoms with Crippen molar-refractivity contribution in [1.29, 1.82) is 0 Å². The first-order valence-electron chi connectivity index (χ1n) is 6.86. The lowest BCUT2D eigenvalue weighted by atomic mass is 9.94. The molecule has 1 saturated carbocycles. The van der Waals surface area contributed by atoms with E-state index in [-0.39, 0.29) is 11.3 Å². The zero-order valence-corrected chi connectivity index (χ0v) is 12.3. The smallest absolute Gasteiger partial charge is 0.228 e. The molecule has 0 radical (unpaired) electrons. The molecule has 0 heterocycles. The van der Waals surface area contributed by atoms with Crippen LogP contribution in [-0.4, -0.2) is 24.0 Å². The minimum atomic E-state index is -0.329. The van der Waals surface area contributed by atoms with Gasteiger partial charge in [-0.1, -0.05) is 39.0 Å². The standard InChI is InChI=1S/C16H23NO2/c1-16(2,3)15(18)17(13-9-10-13)11-12-7-5-6-8-14(12)19-4/h5-8,13H,9-11H2,1-4H3. The van der Waals surface area contributed by atoms with Gasteiger partial charge in [0, 0.05) is 23.6 Å². The number of nitrogens with zero attached hydrogens (tertiary/aromatic N) is 1. The summed E-state index contributed by atoms with van der Waals surface area (Å²) in [5, 5.41) is 0. The van der Waals surface area contributed by atoms with E-state index < -0.39 is 0 Å². The van der Waals surface area contributed by atoms with Crippen LogP contribution in [0.15, 0.2) is 24.3 Å². The highest BCUT2D eigenvalue weighted by Crippen LogP contribution is 2.33. The van der Waals surface area contributed by atoms with Gasteiger partial charge in [-0.2, -0.15) is 0 Å². The molecule has 1 aliphatic carbocycles. The molecule has 1 fully saturated rings. The predicted octanol–water partition coefficient (Wildman–Crippen LogP) is 3.23. The number of hydrogen-bond acceptors (Lipinski definition) is 2. The largest absolute Gasteiger partial charge is 0.496 e. The van der Waals surface area contributed by atoms with Gasteiger partial charge in [0.25, 0.3) is 0 Å². The molecule has 0 unspecified atom stereocenters. The van der Waals surface area contributed by atoms with Crippen LogP contribution in [0.1, 0.15) is 39.2 Å². The summed E-state index contributed by atoms with van der Waals surface area (Å²) in [4.78, 5) is 14.5. The number of hydrogen-bond donors (Lipinski definition) is 0. The average molecular weight is 261 g/mol. The minimum Gasteiger partial charge on any atom is -0.496 e. The monoisotopic (exact) mass is 261 g/mol. The van der Waals surface area contributed by atoms with Crippen LogP contribution in [0, 0.1) is 5.41 Å². The van der Waals surface area contributed by atoms with E-state index in [9.17, 15) is 4.79 Å². The van der Waals surface area contributed by atoms with Crippen molar-refractivity contribution in [2.45, 2.75) is 46.2 Å². The van der Waals surface area contributed by atoms with Crippen LogP contribution in [-0.2, 0) is 11.3 Å². The van der Waals surface area contributed by atoms with Crippen molar-refractivity contribution in [3.63, 3.8) is 0 Å². The van der Waals surface area contributed by atoms with Crippen molar-refractivity contribution in [1.82, 2.24) is 4.90 Å². The molecule has 1 aliphatic rings. The molecule has 2 rings (SSSR count). The first kappa shape index (κ1) is 13.9. The van der Waals surface area contributed by atoms with Crippen molar-refractivity contribution in [3.05, 3.63) is 29.8 Å². The molecule has 0 aliphatic heterocycles. The SMILES string of the molecule is COc1ccccc1CN(C(=O)C(C)(C)C)C1CC1. The van der Waals surface area contributed by atoms with Crippen LogP contribution >= 0.6 is 0 Å². The molecule has 1 aromatic rings. The Labute approximate surface area is 115 Å². The maximum absolute atomic E-state index is 12.5. The molecular formula is C16H23NO2. The molecule has 1 amide bonds. The van der Waals surface area contributed by atoms with E-state index in [2.05, 4.69) is 0 Å². The maximum atomic E-state index is 12.5. The van der Waals surface area contributed by atoms with E-state index in [1.54, 1.807) is 7.11 Å². The van der Waals surface area contributed by atoms with Crippen molar-refractivity contribution in [3.8, 4) is 5.75 Å². The second-order valence-electron chi connectivity index (χ2n) is 6.23. The molecule has 19 heavy (non-hydrogen) atoms. The van der Waals surface area contributed by atoms with Crippen molar-refractivity contribution >= 4 is 5.91 Å². The Kier molecular flexibility index (Phi) is 3.83. The van der Waals surface area contributed by atoms with E-state index in [4.69, 9.17) is 4.74 Å². The zero-order valence-electron chi connectivity index (χ0n) is 12.3. The average Bonchev–Trinajstić information content (AvgIpc) is 3.18. The molecule has 0 atom stereocenters. The van der Waals surface area contributed by atoms with E-state index in [0.717, 1.165) is 24.2 Å².